The summed E-state index contributed by atoms with van der Waals surface area (Å²) in [7, 11) is 0. The fourth-order valence-electron chi connectivity index (χ4n) is 2.00. The van der Waals surface area contributed by atoms with Crippen molar-refractivity contribution in [1.82, 2.24) is 9.55 Å². The van der Waals surface area contributed by atoms with Gasteiger partial charge in [-0.3, -0.25) is 4.79 Å². The third-order valence-corrected chi connectivity index (χ3v) is 3.15. The summed E-state index contributed by atoms with van der Waals surface area (Å²) in [5.41, 5.74) is -0.0787. The van der Waals surface area contributed by atoms with Gasteiger partial charge in [0.15, 0.2) is 0 Å². The van der Waals surface area contributed by atoms with E-state index in [1.165, 1.54) is 0 Å². The standard InChI is InChI=1S/C14H11ClN2O2/c1-9-7-16-13(19-9)8-17-5-4-10-6-11(15)2-3-12(10)14(17)18/h2-7H,8H2,1H3. The second-order valence-corrected chi connectivity index (χ2v) is 4.78. The quantitative estimate of drug-likeness (QED) is 0.722. The number of halogens is 1. The van der Waals surface area contributed by atoms with E-state index in [1.807, 2.05) is 13.0 Å². The first kappa shape index (κ1) is 12.0. The molecule has 0 spiro atoms. The third-order valence-electron chi connectivity index (χ3n) is 2.91. The van der Waals surface area contributed by atoms with Crippen molar-refractivity contribution in [1.29, 1.82) is 0 Å². The molecule has 96 valence electrons. The molecule has 3 aromatic rings. The Kier molecular flexibility index (Phi) is 2.87. The van der Waals surface area contributed by atoms with Gasteiger partial charge in [0, 0.05) is 16.6 Å². The number of aryl methyl sites for hydroxylation is 1. The van der Waals surface area contributed by atoms with E-state index in [9.17, 15) is 4.79 Å². The van der Waals surface area contributed by atoms with Crippen LogP contribution >= 0.6 is 11.6 Å². The van der Waals surface area contributed by atoms with Crippen LogP contribution in [0.2, 0.25) is 5.02 Å². The van der Waals surface area contributed by atoms with Crippen LogP contribution in [0.5, 0.6) is 0 Å². The summed E-state index contributed by atoms with van der Waals surface area (Å²) < 4.78 is 6.95. The Hall–Kier alpha value is -2.07. The van der Waals surface area contributed by atoms with Crippen molar-refractivity contribution in [2.24, 2.45) is 0 Å². The van der Waals surface area contributed by atoms with Crippen molar-refractivity contribution in [3.63, 3.8) is 0 Å². The number of rotatable bonds is 2. The zero-order valence-electron chi connectivity index (χ0n) is 10.3. The smallest absolute Gasteiger partial charge is 0.258 e. The number of fused-ring (bicyclic) bond motifs is 1. The molecule has 0 unspecified atom stereocenters. The largest absolute Gasteiger partial charge is 0.444 e. The maximum atomic E-state index is 12.3. The van der Waals surface area contributed by atoms with Gasteiger partial charge in [0.1, 0.15) is 12.3 Å². The fraction of sp³-hybridized carbons (Fsp3) is 0.143. The van der Waals surface area contributed by atoms with E-state index >= 15 is 0 Å². The van der Waals surface area contributed by atoms with Crippen molar-refractivity contribution in [2.75, 3.05) is 0 Å². The van der Waals surface area contributed by atoms with Crippen molar-refractivity contribution in [2.45, 2.75) is 13.5 Å². The lowest BCUT2D eigenvalue weighted by Gasteiger charge is -2.05. The Bertz CT molecular complexity index is 805. The lowest BCUT2D eigenvalue weighted by atomic mass is 10.2. The van der Waals surface area contributed by atoms with Crippen molar-refractivity contribution in [3.8, 4) is 0 Å². The highest BCUT2D eigenvalue weighted by Gasteiger charge is 2.06. The first-order chi connectivity index (χ1) is 9.13. The molecule has 0 saturated carbocycles. The maximum absolute atomic E-state index is 12.3. The Morgan fingerprint density at radius 1 is 1.37 bits per heavy atom. The van der Waals surface area contributed by atoms with Crippen LogP contribution in [0.25, 0.3) is 10.8 Å². The van der Waals surface area contributed by atoms with E-state index in [-0.39, 0.29) is 5.56 Å². The second-order valence-electron chi connectivity index (χ2n) is 4.35. The zero-order valence-corrected chi connectivity index (χ0v) is 11.0. The molecule has 0 atom stereocenters. The molecular formula is C14H11ClN2O2. The molecular weight excluding hydrogens is 264 g/mol. The Balaban J connectivity index is 2.08. The van der Waals surface area contributed by atoms with Crippen LogP contribution in [0.4, 0.5) is 0 Å². The van der Waals surface area contributed by atoms with Crippen LogP contribution in [0.1, 0.15) is 11.7 Å². The minimum absolute atomic E-state index is 0.0787. The maximum Gasteiger partial charge on any atom is 0.258 e. The Morgan fingerprint density at radius 3 is 2.95 bits per heavy atom. The third kappa shape index (κ3) is 2.27. The van der Waals surface area contributed by atoms with E-state index in [2.05, 4.69) is 4.98 Å². The summed E-state index contributed by atoms with van der Waals surface area (Å²) in [4.78, 5) is 16.4. The van der Waals surface area contributed by atoms with Gasteiger partial charge in [0.2, 0.25) is 5.89 Å². The van der Waals surface area contributed by atoms with Gasteiger partial charge in [-0.15, -0.1) is 0 Å². The van der Waals surface area contributed by atoms with Gasteiger partial charge in [-0.1, -0.05) is 11.6 Å². The molecule has 2 aromatic heterocycles. The van der Waals surface area contributed by atoms with E-state index < -0.39 is 0 Å². The number of nitrogens with zero attached hydrogens (tertiary/aromatic N) is 2. The molecule has 3 rings (SSSR count). The molecule has 0 fully saturated rings. The molecule has 0 N–H and O–H groups in total. The Morgan fingerprint density at radius 2 is 2.21 bits per heavy atom. The topological polar surface area (TPSA) is 48.0 Å². The first-order valence-corrected chi connectivity index (χ1v) is 6.21. The molecule has 5 heteroatoms. The number of pyridine rings is 1. The van der Waals surface area contributed by atoms with Crippen LogP contribution in [0.15, 0.2) is 45.9 Å². The number of hydrogen-bond donors (Lipinski definition) is 0. The van der Waals surface area contributed by atoms with Crippen molar-refractivity contribution < 1.29 is 4.42 Å². The normalized spacial score (nSPS) is 11.1. The van der Waals surface area contributed by atoms with Gasteiger partial charge in [-0.25, -0.2) is 4.98 Å². The number of aromatic nitrogens is 2. The summed E-state index contributed by atoms with van der Waals surface area (Å²) in [6.07, 6.45) is 3.36. The highest BCUT2D eigenvalue weighted by molar-refractivity contribution is 6.31. The van der Waals surface area contributed by atoms with E-state index in [0.717, 1.165) is 11.1 Å². The van der Waals surface area contributed by atoms with Gasteiger partial charge in [0.05, 0.1) is 6.20 Å². The van der Waals surface area contributed by atoms with Crippen molar-refractivity contribution in [3.05, 3.63) is 63.7 Å². The first-order valence-electron chi connectivity index (χ1n) is 5.83. The molecule has 0 bridgehead atoms. The van der Waals surface area contributed by atoms with E-state index in [0.29, 0.717) is 22.8 Å². The van der Waals surface area contributed by atoms with E-state index in [1.54, 1.807) is 35.2 Å². The molecule has 2 heterocycles. The molecule has 4 nitrogen and oxygen atoms in total. The van der Waals surface area contributed by atoms with Crippen LogP contribution in [0, 0.1) is 6.92 Å². The highest BCUT2D eigenvalue weighted by Crippen LogP contribution is 2.16. The van der Waals surface area contributed by atoms with Crippen LogP contribution in [-0.2, 0) is 6.54 Å². The van der Waals surface area contributed by atoms with Gasteiger partial charge in [-0.2, -0.15) is 0 Å². The molecule has 0 aliphatic heterocycles. The molecule has 0 aliphatic rings. The minimum atomic E-state index is -0.0787. The van der Waals surface area contributed by atoms with Gasteiger partial charge in [-0.05, 0) is 36.6 Å². The summed E-state index contributed by atoms with van der Waals surface area (Å²) in [5, 5.41) is 2.08. The predicted molar refractivity (Wildman–Crippen MR) is 73.6 cm³/mol. The molecule has 1 aromatic carbocycles. The number of oxazole rings is 1. The monoisotopic (exact) mass is 274 g/mol. The van der Waals surface area contributed by atoms with E-state index in [4.69, 9.17) is 16.0 Å². The molecule has 0 aliphatic carbocycles. The Labute approximate surface area is 114 Å². The van der Waals surface area contributed by atoms with Crippen LogP contribution in [0.3, 0.4) is 0 Å². The average Bonchev–Trinajstić information content (AvgIpc) is 2.78. The fourth-order valence-corrected chi connectivity index (χ4v) is 2.18. The second kappa shape index (κ2) is 4.55. The summed E-state index contributed by atoms with van der Waals surface area (Å²) in [5.74, 6) is 1.25. The minimum Gasteiger partial charge on any atom is -0.444 e. The molecule has 0 amide bonds. The summed E-state index contributed by atoms with van der Waals surface area (Å²) in [6.45, 7) is 2.15. The molecule has 0 saturated heterocycles. The van der Waals surface area contributed by atoms with Crippen molar-refractivity contribution >= 4 is 22.4 Å². The predicted octanol–water partition coefficient (Wildman–Crippen LogP) is 3.00. The number of hydrogen-bond acceptors (Lipinski definition) is 3. The summed E-state index contributed by atoms with van der Waals surface area (Å²) in [6, 6.07) is 7.08. The highest BCUT2D eigenvalue weighted by atomic mass is 35.5. The lowest BCUT2D eigenvalue weighted by molar-refractivity contribution is 0.455. The zero-order chi connectivity index (χ0) is 13.4. The average molecular weight is 275 g/mol. The number of benzene rings is 1. The molecule has 0 radical (unpaired) electrons. The summed E-state index contributed by atoms with van der Waals surface area (Å²) >= 11 is 5.91. The van der Waals surface area contributed by atoms with Crippen LogP contribution in [-0.4, -0.2) is 9.55 Å². The van der Waals surface area contributed by atoms with Crippen LogP contribution < -0.4 is 5.56 Å². The van der Waals surface area contributed by atoms with Gasteiger partial charge < -0.3 is 8.98 Å². The SMILES string of the molecule is Cc1cnc(Cn2ccc3cc(Cl)ccc3c2=O)o1. The van der Waals surface area contributed by atoms with Gasteiger partial charge >= 0.3 is 0 Å². The molecule has 19 heavy (non-hydrogen) atoms. The lowest BCUT2D eigenvalue weighted by Crippen LogP contribution is -2.20. The van der Waals surface area contributed by atoms with Gasteiger partial charge in [0.25, 0.3) is 5.56 Å².